The highest BCUT2D eigenvalue weighted by molar-refractivity contribution is 6.18. The van der Waals surface area contributed by atoms with Gasteiger partial charge in [-0.2, -0.15) is 0 Å². The van der Waals surface area contributed by atoms with Gasteiger partial charge in [0.25, 0.3) is 0 Å². The zero-order chi connectivity index (χ0) is 9.97. The second-order valence-electron chi connectivity index (χ2n) is 3.68. The molecule has 1 aliphatic heterocycles. The van der Waals surface area contributed by atoms with Gasteiger partial charge in [-0.3, -0.25) is 0 Å². The van der Waals surface area contributed by atoms with E-state index in [1.54, 1.807) is 0 Å². The molecule has 0 radical (unpaired) electrons. The minimum Gasteiger partial charge on any atom is -0.392 e. The molecule has 0 aliphatic carbocycles. The van der Waals surface area contributed by atoms with Gasteiger partial charge < -0.3 is 10.4 Å². The van der Waals surface area contributed by atoms with E-state index in [-0.39, 0.29) is 6.04 Å². The Balaban J connectivity index is 2.10. The second kappa shape index (κ2) is 4.30. The van der Waals surface area contributed by atoms with E-state index in [0.717, 1.165) is 6.54 Å². The molecule has 0 fully saturated rings. The van der Waals surface area contributed by atoms with Crippen LogP contribution in [0.2, 0.25) is 0 Å². The third-order valence-electron chi connectivity index (χ3n) is 2.66. The lowest BCUT2D eigenvalue weighted by Gasteiger charge is -2.14. The average Bonchev–Trinajstić information content (AvgIpc) is 2.62. The van der Waals surface area contributed by atoms with Crippen molar-refractivity contribution in [3.63, 3.8) is 0 Å². The molecule has 0 saturated carbocycles. The quantitative estimate of drug-likeness (QED) is 0.748. The van der Waals surface area contributed by atoms with Crippen molar-refractivity contribution in [3.05, 3.63) is 35.4 Å². The number of alkyl halides is 1. The Morgan fingerprint density at radius 1 is 1.50 bits per heavy atom. The van der Waals surface area contributed by atoms with Gasteiger partial charge in [-0.15, -0.1) is 11.6 Å². The number of benzene rings is 1. The van der Waals surface area contributed by atoms with E-state index >= 15 is 0 Å². The van der Waals surface area contributed by atoms with Gasteiger partial charge in [0.05, 0.1) is 6.10 Å². The van der Waals surface area contributed by atoms with Gasteiger partial charge in [-0.25, -0.2) is 0 Å². The van der Waals surface area contributed by atoms with Crippen LogP contribution >= 0.6 is 11.6 Å². The molecule has 1 aromatic carbocycles. The Morgan fingerprint density at radius 2 is 2.29 bits per heavy atom. The fraction of sp³-hybridized carbons (Fsp3) is 0.455. The van der Waals surface area contributed by atoms with Crippen LogP contribution in [0, 0.1) is 0 Å². The first kappa shape index (κ1) is 9.97. The van der Waals surface area contributed by atoms with Crippen molar-refractivity contribution in [1.29, 1.82) is 0 Å². The lowest BCUT2D eigenvalue weighted by molar-refractivity contribution is 0.173. The number of hydrogen-bond acceptors (Lipinski definition) is 2. The number of aliphatic hydroxyl groups excluding tert-OH is 1. The summed E-state index contributed by atoms with van der Waals surface area (Å²) in [6.07, 6.45) is 0.279. The summed E-state index contributed by atoms with van der Waals surface area (Å²) >= 11 is 5.58. The zero-order valence-corrected chi connectivity index (χ0v) is 8.67. The molecule has 1 aromatic rings. The smallest absolute Gasteiger partial charge is 0.0693 e. The number of aliphatic hydroxyl groups is 1. The third kappa shape index (κ3) is 1.92. The molecule has 1 aliphatic rings. The molecule has 0 aromatic heterocycles. The van der Waals surface area contributed by atoms with Crippen molar-refractivity contribution in [1.82, 2.24) is 5.32 Å². The van der Waals surface area contributed by atoms with Crippen LogP contribution in [0.25, 0.3) is 0 Å². The number of halogens is 1. The molecule has 2 nitrogen and oxygen atoms in total. The van der Waals surface area contributed by atoms with Crippen LogP contribution in [0.1, 0.15) is 23.6 Å². The molecule has 0 spiro atoms. The monoisotopic (exact) mass is 211 g/mol. The van der Waals surface area contributed by atoms with Crippen LogP contribution in [0.3, 0.4) is 0 Å². The van der Waals surface area contributed by atoms with Gasteiger partial charge in [0.2, 0.25) is 0 Å². The summed E-state index contributed by atoms with van der Waals surface area (Å²) in [5, 5.41) is 12.8. The maximum atomic E-state index is 9.47. The fourth-order valence-electron chi connectivity index (χ4n) is 1.92. The Morgan fingerprint density at radius 3 is 3.07 bits per heavy atom. The summed E-state index contributed by atoms with van der Waals surface area (Å²) in [6.45, 7) is 0.899. The van der Waals surface area contributed by atoms with E-state index in [9.17, 15) is 5.11 Å². The van der Waals surface area contributed by atoms with E-state index in [2.05, 4.69) is 17.4 Å². The summed E-state index contributed by atoms with van der Waals surface area (Å²) in [7, 11) is 0. The van der Waals surface area contributed by atoms with Crippen molar-refractivity contribution in [2.45, 2.75) is 25.1 Å². The van der Waals surface area contributed by atoms with E-state index in [4.69, 9.17) is 11.6 Å². The summed E-state index contributed by atoms with van der Waals surface area (Å²) < 4.78 is 0. The van der Waals surface area contributed by atoms with Gasteiger partial charge in [-0.1, -0.05) is 24.3 Å². The summed E-state index contributed by atoms with van der Waals surface area (Å²) in [5.74, 6) is 0.306. The largest absolute Gasteiger partial charge is 0.392 e. The minimum atomic E-state index is -0.416. The second-order valence-corrected chi connectivity index (χ2v) is 3.98. The Kier molecular flexibility index (Phi) is 3.06. The van der Waals surface area contributed by atoms with E-state index in [0.29, 0.717) is 12.3 Å². The number of rotatable bonds is 3. The van der Waals surface area contributed by atoms with E-state index < -0.39 is 6.10 Å². The Labute approximate surface area is 88.9 Å². The highest BCUT2D eigenvalue weighted by Gasteiger charge is 2.22. The van der Waals surface area contributed by atoms with Crippen LogP contribution in [0.5, 0.6) is 0 Å². The molecule has 14 heavy (non-hydrogen) atoms. The lowest BCUT2D eigenvalue weighted by atomic mass is 10.0. The van der Waals surface area contributed by atoms with Crippen molar-refractivity contribution in [3.8, 4) is 0 Å². The van der Waals surface area contributed by atoms with Crippen LogP contribution < -0.4 is 5.32 Å². The molecule has 0 bridgehead atoms. The van der Waals surface area contributed by atoms with Crippen LogP contribution in [0.4, 0.5) is 0 Å². The van der Waals surface area contributed by atoms with Crippen molar-refractivity contribution < 1.29 is 5.11 Å². The van der Waals surface area contributed by atoms with Gasteiger partial charge >= 0.3 is 0 Å². The predicted molar refractivity (Wildman–Crippen MR) is 57.4 cm³/mol. The van der Waals surface area contributed by atoms with Crippen molar-refractivity contribution >= 4 is 11.6 Å². The average molecular weight is 212 g/mol. The van der Waals surface area contributed by atoms with Crippen LogP contribution in [-0.4, -0.2) is 17.1 Å². The molecule has 1 heterocycles. The first-order valence-corrected chi connectivity index (χ1v) is 5.40. The molecule has 2 unspecified atom stereocenters. The highest BCUT2D eigenvalue weighted by Crippen LogP contribution is 2.28. The maximum Gasteiger partial charge on any atom is 0.0693 e. The SMILES string of the molecule is OC(CCl)CC1NCc2ccccc21. The molecule has 3 heteroatoms. The van der Waals surface area contributed by atoms with Gasteiger partial charge in [0, 0.05) is 18.5 Å². The molecule has 2 N–H and O–H groups in total. The minimum absolute atomic E-state index is 0.264. The molecule has 2 rings (SSSR count). The first-order valence-electron chi connectivity index (χ1n) is 4.86. The van der Waals surface area contributed by atoms with E-state index in [1.165, 1.54) is 11.1 Å². The topological polar surface area (TPSA) is 32.3 Å². The van der Waals surface area contributed by atoms with Gasteiger partial charge in [0.1, 0.15) is 0 Å². The highest BCUT2D eigenvalue weighted by atomic mass is 35.5. The molecule has 0 saturated heterocycles. The summed E-state index contributed by atoms with van der Waals surface area (Å²) in [4.78, 5) is 0. The Bertz CT molecular complexity index is 316. The van der Waals surface area contributed by atoms with E-state index in [1.807, 2.05) is 12.1 Å². The maximum absolute atomic E-state index is 9.47. The molecule has 2 atom stereocenters. The standard InChI is InChI=1S/C11H14ClNO/c12-6-9(14)5-11-10-4-2-1-3-8(10)7-13-11/h1-4,9,11,13-14H,5-7H2. The van der Waals surface area contributed by atoms with Crippen LogP contribution in [-0.2, 0) is 6.54 Å². The van der Waals surface area contributed by atoms with Crippen molar-refractivity contribution in [2.75, 3.05) is 5.88 Å². The summed E-state index contributed by atoms with van der Waals surface area (Å²) in [6, 6.07) is 8.57. The number of hydrogen-bond donors (Lipinski definition) is 2. The van der Waals surface area contributed by atoms with Crippen LogP contribution in [0.15, 0.2) is 24.3 Å². The normalized spacial score (nSPS) is 22.0. The Hall–Kier alpha value is -0.570. The number of fused-ring (bicyclic) bond motifs is 1. The third-order valence-corrected chi connectivity index (χ3v) is 3.01. The molecule has 0 amide bonds. The lowest BCUT2D eigenvalue weighted by Crippen LogP contribution is -2.20. The number of nitrogens with one attached hydrogen (secondary N) is 1. The van der Waals surface area contributed by atoms with Gasteiger partial charge in [-0.05, 0) is 17.5 Å². The molecular weight excluding hydrogens is 198 g/mol. The predicted octanol–water partition coefficient (Wildman–Crippen LogP) is 1.82. The fourth-order valence-corrected chi connectivity index (χ4v) is 2.05. The van der Waals surface area contributed by atoms with Gasteiger partial charge in [0.15, 0.2) is 0 Å². The molecule has 76 valence electrons. The molecular formula is C11H14ClNO. The first-order chi connectivity index (χ1) is 6.81. The zero-order valence-electron chi connectivity index (χ0n) is 7.91. The van der Waals surface area contributed by atoms with Crippen molar-refractivity contribution in [2.24, 2.45) is 0 Å². The summed E-state index contributed by atoms with van der Waals surface area (Å²) in [5.41, 5.74) is 2.64.